The average molecular weight is 1100 g/mol. The summed E-state index contributed by atoms with van der Waals surface area (Å²) in [6, 6.07) is 75.3. The first kappa shape index (κ1) is 56.5. The van der Waals surface area contributed by atoms with E-state index >= 15 is 0 Å². The lowest BCUT2D eigenvalue weighted by molar-refractivity contribution is 0.568. The molecular formula is C82H86N2. The van der Waals surface area contributed by atoms with Crippen LogP contribution in [0.2, 0.25) is 0 Å². The van der Waals surface area contributed by atoms with Crippen molar-refractivity contribution in [1.29, 1.82) is 0 Å². The summed E-state index contributed by atoms with van der Waals surface area (Å²) in [5.74, 6) is 0. The first-order chi connectivity index (χ1) is 39.4. The van der Waals surface area contributed by atoms with Crippen LogP contribution in [0.15, 0.2) is 194 Å². The highest BCUT2D eigenvalue weighted by atomic mass is 15.1. The SMILES string of the molecule is CC(C)(C)c1cc(-c2ccc(-c3ccc(N(c4ccc(-c5cc(C(C)(C)C)cc(C(C)(C)C)c5)cc4)c4ccc5ccc6c(-n7c8ccc(C(C)(C)C)cc8c8cc(C(C)(C)C)ccc87)ccc7ccc4c5c76)cc3)cc2)cc(C(C)(C)C)c1. The smallest absolute Gasteiger partial charge is 0.0541 e. The number of rotatable bonds is 7. The number of hydrogen-bond donors (Lipinski definition) is 0. The van der Waals surface area contributed by atoms with Gasteiger partial charge in [-0.15, -0.1) is 0 Å². The maximum atomic E-state index is 2.54. The zero-order valence-corrected chi connectivity index (χ0v) is 53.4. The standard InChI is InChI=1S/C82H86N2/c1-77(2,3)59-31-41-73-69(49-59)70-50-60(78(4,5)6)32-42-74(70)84(73)72-40-30-56-27-37-67-71(39-29-55-28-38-68(72)76(56)75(55)67)83(66-35-25-54(26-36-66)58-45-63(81(13,14)15)48-64(46-58)82(16,17)18)65-33-23-52(24-34-65)51-19-21-53(22-20-51)57-43-61(79(7,8)9)47-62(44-57)80(10,11)12/h19-50H,1-18H3. The third-order valence-corrected chi connectivity index (χ3v) is 18.1. The molecule has 0 radical (unpaired) electrons. The summed E-state index contributed by atoms with van der Waals surface area (Å²) in [4.78, 5) is 2.48. The molecule has 2 nitrogen and oxygen atoms in total. The van der Waals surface area contributed by atoms with E-state index in [1.54, 1.807) is 0 Å². The predicted octanol–water partition coefficient (Wildman–Crippen LogP) is 23.9. The summed E-state index contributed by atoms with van der Waals surface area (Å²) in [6.07, 6.45) is 0. The highest BCUT2D eigenvalue weighted by Gasteiger charge is 2.27. The minimum Gasteiger partial charge on any atom is -0.310 e. The van der Waals surface area contributed by atoms with Crippen molar-refractivity contribution in [2.45, 2.75) is 157 Å². The van der Waals surface area contributed by atoms with Gasteiger partial charge in [-0.2, -0.15) is 0 Å². The van der Waals surface area contributed by atoms with Gasteiger partial charge in [-0.1, -0.05) is 258 Å². The van der Waals surface area contributed by atoms with Crippen LogP contribution in [0.1, 0.15) is 158 Å². The van der Waals surface area contributed by atoms with E-state index in [0.717, 1.165) is 17.1 Å². The Hall–Kier alpha value is -7.94. The third-order valence-electron chi connectivity index (χ3n) is 18.1. The zero-order chi connectivity index (χ0) is 59.8. The summed E-state index contributed by atoms with van der Waals surface area (Å²) in [6.45, 7) is 41.7. The van der Waals surface area contributed by atoms with E-state index in [2.05, 4.69) is 328 Å². The highest BCUT2D eigenvalue weighted by Crippen LogP contribution is 2.48. The van der Waals surface area contributed by atoms with Crippen LogP contribution < -0.4 is 4.90 Å². The van der Waals surface area contributed by atoms with E-state index in [1.807, 2.05) is 0 Å². The van der Waals surface area contributed by atoms with Gasteiger partial charge < -0.3 is 9.47 Å². The summed E-state index contributed by atoms with van der Waals surface area (Å²) < 4.78 is 2.54. The number of benzene rings is 11. The molecule has 0 N–H and O–H groups in total. The van der Waals surface area contributed by atoms with Gasteiger partial charge in [0.15, 0.2) is 0 Å². The fourth-order valence-corrected chi connectivity index (χ4v) is 12.6. The van der Waals surface area contributed by atoms with Crippen LogP contribution in [0.25, 0.3) is 93.2 Å². The molecule has 12 rings (SSSR count). The van der Waals surface area contributed by atoms with Crippen molar-refractivity contribution >= 4 is 71.2 Å². The van der Waals surface area contributed by atoms with Crippen LogP contribution in [-0.2, 0) is 32.5 Å². The fraction of sp³-hybridized carbons (Fsp3) is 0.293. The molecule has 0 atom stereocenters. The number of hydrogen-bond acceptors (Lipinski definition) is 1. The second-order valence-electron chi connectivity index (χ2n) is 30.5. The van der Waals surface area contributed by atoms with Crippen LogP contribution in [0.4, 0.5) is 17.1 Å². The Bertz CT molecular complexity index is 4340. The van der Waals surface area contributed by atoms with Crippen molar-refractivity contribution in [3.05, 3.63) is 228 Å². The maximum Gasteiger partial charge on any atom is 0.0541 e. The first-order valence-corrected chi connectivity index (χ1v) is 30.6. The number of aromatic nitrogens is 1. The van der Waals surface area contributed by atoms with Crippen LogP contribution >= 0.6 is 0 Å². The van der Waals surface area contributed by atoms with Gasteiger partial charge in [-0.3, -0.25) is 0 Å². The Balaban J connectivity index is 1.01. The largest absolute Gasteiger partial charge is 0.310 e. The Morgan fingerprint density at radius 3 is 0.952 bits per heavy atom. The molecule has 84 heavy (non-hydrogen) atoms. The van der Waals surface area contributed by atoms with Gasteiger partial charge in [0, 0.05) is 32.9 Å². The van der Waals surface area contributed by atoms with Crippen LogP contribution in [0, 0.1) is 0 Å². The molecule has 1 heterocycles. The van der Waals surface area contributed by atoms with E-state index in [0.29, 0.717) is 0 Å². The van der Waals surface area contributed by atoms with E-state index < -0.39 is 0 Å². The number of nitrogens with zero attached hydrogens (tertiary/aromatic N) is 2. The number of fused-ring (bicyclic) bond motifs is 3. The van der Waals surface area contributed by atoms with Crippen molar-refractivity contribution in [3.8, 4) is 39.1 Å². The Kier molecular flexibility index (Phi) is 13.4. The Morgan fingerprint density at radius 2 is 0.571 bits per heavy atom. The topological polar surface area (TPSA) is 8.17 Å². The molecule has 0 amide bonds. The first-order valence-electron chi connectivity index (χ1n) is 30.6. The highest BCUT2D eigenvalue weighted by molar-refractivity contribution is 6.27. The van der Waals surface area contributed by atoms with Gasteiger partial charge >= 0.3 is 0 Å². The van der Waals surface area contributed by atoms with Gasteiger partial charge in [-0.05, 0) is 181 Å². The van der Waals surface area contributed by atoms with Gasteiger partial charge in [0.25, 0.3) is 0 Å². The van der Waals surface area contributed by atoms with Gasteiger partial charge in [0.1, 0.15) is 0 Å². The second kappa shape index (κ2) is 19.8. The quantitative estimate of drug-likeness (QED) is 0.144. The fourth-order valence-electron chi connectivity index (χ4n) is 12.6. The summed E-state index contributed by atoms with van der Waals surface area (Å²) in [7, 11) is 0. The molecule has 12 aromatic rings. The van der Waals surface area contributed by atoms with Crippen molar-refractivity contribution in [2.24, 2.45) is 0 Å². The Morgan fingerprint density at radius 1 is 0.250 bits per heavy atom. The molecule has 0 spiro atoms. The van der Waals surface area contributed by atoms with Crippen molar-refractivity contribution < 1.29 is 0 Å². The normalized spacial score (nSPS) is 13.1. The van der Waals surface area contributed by atoms with E-state index in [1.165, 1.54) is 127 Å². The maximum absolute atomic E-state index is 2.54. The molecule has 11 aromatic carbocycles. The minimum absolute atomic E-state index is 0.0146. The monoisotopic (exact) mass is 1100 g/mol. The van der Waals surface area contributed by atoms with Gasteiger partial charge in [0.2, 0.25) is 0 Å². The molecule has 2 heteroatoms. The average Bonchev–Trinajstić information content (AvgIpc) is 2.35. The van der Waals surface area contributed by atoms with E-state index in [-0.39, 0.29) is 32.5 Å². The summed E-state index contributed by atoms with van der Waals surface area (Å²) in [5, 5.41) is 10.1. The summed E-state index contributed by atoms with van der Waals surface area (Å²) in [5.41, 5.74) is 22.7. The molecule has 0 fully saturated rings. The van der Waals surface area contributed by atoms with Gasteiger partial charge in [0.05, 0.1) is 22.4 Å². The predicted molar refractivity (Wildman–Crippen MR) is 368 cm³/mol. The van der Waals surface area contributed by atoms with E-state index in [4.69, 9.17) is 0 Å². The summed E-state index contributed by atoms with van der Waals surface area (Å²) >= 11 is 0. The van der Waals surface area contributed by atoms with Crippen LogP contribution in [-0.4, -0.2) is 4.57 Å². The molecule has 0 bridgehead atoms. The molecule has 0 aliphatic carbocycles. The number of anilines is 3. The van der Waals surface area contributed by atoms with Crippen LogP contribution in [0.3, 0.4) is 0 Å². The molecule has 0 aliphatic heterocycles. The molecule has 0 unspecified atom stereocenters. The van der Waals surface area contributed by atoms with Crippen molar-refractivity contribution in [3.63, 3.8) is 0 Å². The van der Waals surface area contributed by atoms with Crippen molar-refractivity contribution in [1.82, 2.24) is 4.57 Å². The second-order valence-corrected chi connectivity index (χ2v) is 30.5. The molecular weight excluding hydrogens is 1010 g/mol. The minimum atomic E-state index is 0.0146. The van der Waals surface area contributed by atoms with E-state index in [9.17, 15) is 0 Å². The molecule has 424 valence electrons. The lowest BCUT2D eigenvalue weighted by Crippen LogP contribution is -2.16. The Labute approximate surface area is 501 Å². The third kappa shape index (κ3) is 10.3. The molecule has 0 aliphatic rings. The lowest BCUT2D eigenvalue weighted by atomic mass is 9.79. The van der Waals surface area contributed by atoms with Crippen LogP contribution in [0.5, 0.6) is 0 Å². The van der Waals surface area contributed by atoms with Gasteiger partial charge in [-0.25, -0.2) is 0 Å². The zero-order valence-electron chi connectivity index (χ0n) is 53.4. The van der Waals surface area contributed by atoms with Crippen molar-refractivity contribution in [2.75, 3.05) is 4.90 Å². The lowest BCUT2D eigenvalue weighted by Gasteiger charge is -2.28. The molecule has 0 saturated heterocycles. The molecule has 1 aromatic heterocycles. The molecule has 0 saturated carbocycles.